The van der Waals surface area contributed by atoms with Crippen molar-refractivity contribution in [2.75, 3.05) is 0 Å². The van der Waals surface area contributed by atoms with Crippen molar-refractivity contribution in [3.05, 3.63) is 59.2 Å². The van der Waals surface area contributed by atoms with Crippen LogP contribution in [0, 0.1) is 0 Å². The highest BCUT2D eigenvalue weighted by Gasteiger charge is 2.21. The van der Waals surface area contributed by atoms with E-state index in [1.165, 1.54) is 5.56 Å². The predicted octanol–water partition coefficient (Wildman–Crippen LogP) is 10.0. The molecule has 0 amide bonds. The molecule has 0 spiro atoms. The summed E-state index contributed by atoms with van der Waals surface area (Å²) < 4.78 is 19.3. The molecule has 0 aromatic heterocycles. The number of benzene rings is 2. The van der Waals surface area contributed by atoms with Gasteiger partial charge in [0, 0.05) is 5.56 Å². The number of para-hydroxylation sites is 1. The highest BCUT2D eigenvalue weighted by atomic mass is 16.5. The summed E-state index contributed by atoms with van der Waals surface area (Å²) in [6.07, 6.45) is 13.5. The fourth-order valence-corrected chi connectivity index (χ4v) is 4.77. The van der Waals surface area contributed by atoms with Gasteiger partial charge in [0.1, 0.15) is 5.75 Å². The molecule has 0 aliphatic carbocycles. The molecule has 2 rings (SSSR count). The van der Waals surface area contributed by atoms with Gasteiger partial charge in [-0.2, -0.15) is 0 Å². The maximum absolute atomic E-state index is 13.7. The number of allylic oxidation sites excluding steroid dienone is 1. The first-order valence-electron chi connectivity index (χ1n) is 15.4. The molecule has 0 aliphatic rings. The number of ether oxygens (including phenoxy) is 3. The lowest BCUT2D eigenvalue weighted by atomic mass is 10.0. The van der Waals surface area contributed by atoms with Crippen molar-refractivity contribution in [1.29, 1.82) is 0 Å². The van der Waals surface area contributed by atoms with E-state index in [2.05, 4.69) is 60.6 Å². The van der Waals surface area contributed by atoms with Gasteiger partial charge in [0.25, 0.3) is 0 Å². The fourth-order valence-electron chi connectivity index (χ4n) is 4.77. The van der Waals surface area contributed by atoms with E-state index in [0.717, 1.165) is 75.5 Å². The van der Waals surface area contributed by atoms with Gasteiger partial charge in [-0.05, 0) is 86.9 Å². The van der Waals surface area contributed by atoms with Gasteiger partial charge < -0.3 is 14.2 Å². The second-order valence-corrected chi connectivity index (χ2v) is 10.4. The topological polar surface area (TPSA) is 44.8 Å². The first-order chi connectivity index (χ1) is 18.9. The number of ketones is 1. The number of carbonyl (C=O) groups is 1. The van der Waals surface area contributed by atoms with E-state index in [4.69, 9.17) is 14.2 Å². The van der Waals surface area contributed by atoms with Crippen LogP contribution in [0.1, 0.15) is 128 Å². The van der Waals surface area contributed by atoms with E-state index >= 15 is 0 Å². The third kappa shape index (κ3) is 10.1. The number of carbonyl (C=O) groups excluding carboxylic acids is 1. The molecular weight excluding hydrogens is 484 g/mol. The molecule has 0 fully saturated rings. The van der Waals surface area contributed by atoms with E-state index in [1.54, 1.807) is 6.08 Å². The zero-order valence-corrected chi connectivity index (χ0v) is 25.6. The Morgan fingerprint density at radius 3 is 1.82 bits per heavy atom. The van der Waals surface area contributed by atoms with Crippen LogP contribution in [0.3, 0.4) is 0 Å². The maximum Gasteiger partial charge on any atom is 0.189 e. The Morgan fingerprint density at radius 2 is 1.28 bits per heavy atom. The molecule has 4 nitrogen and oxygen atoms in total. The smallest absolute Gasteiger partial charge is 0.189 e. The van der Waals surface area contributed by atoms with Crippen LogP contribution in [0.5, 0.6) is 17.2 Å². The van der Waals surface area contributed by atoms with Crippen molar-refractivity contribution in [2.45, 2.75) is 131 Å². The average Bonchev–Trinajstić information content (AvgIpc) is 2.96. The van der Waals surface area contributed by atoms with Gasteiger partial charge in [0.15, 0.2) is 17.3 Å². The number of aryl methyl sites for hydroxylation is 1. The summed E-state index contributed by atoms with van der Waals surface area (Å²) in [5, 5.41) is 0. The van der Waals surface area contributed by atoms with Crippen molar-refractivity contribution < 1.29 is 19.0 Å². The van der Waals surface area contributed by atoms with E-state index in [-0.39, 0.29) is 24.1 Å². The number of hydrogen-bond acceptors (Lipinski definition) is 4. The monoisotopic (exact) mass is 536 g/mol. The van der Waals surface area contributed by atoms with Crippen LogP contribution in [-0.4, -0.2) is 24.1 Å². The molecule has 2 aromatic rings. The van der Waals surface area contributed by atoms with E-state index in [9.17, 15) is 4.79 Å². The third-order valence-electron chi connectivity index (χ3n) is 7.21. The average molecular weight is 537 g/mol. The van der Waals surface area contributed by atoms with Gasteiger partial charge in [0.05, 0.1) is 23.9 Å². The highest BCUT2D eigenvalue weighted by molar-refractivity contribution is 6.09. The van der Waals surface area contributed by atoms with Crippen molar-refractivity contribution >= 4 is 11.9 Å². The summed E-state index contributed by atoms with van der Waals surface area (Å²) in [5.41, 5.74) is 2.68. The van der Waals surface area contributed by atoms with E-state index < -0.39 is 0 Å². The lowest BCUT2D eigenvalue weighted by Gasteiger charge is -2.24. The van der Waals surface area contributed by atoms with Gasteiger partial charge >= 0.3 is 0 Å². The van der Waals surface area contributed by atoms with E-state index in [1.807, 2.05) is 30.3 Å². The minimum atomic E-state index is -0.0983. The van der Waals surface area contributed by atoms with Gasteiger partial charge in [-0.15, -0.1) is 0 Å². The van der Waals surface area contributed by atoms with Gasteiger partial charge in [-0.1, -0.05) is 79.9 Å². The summed E-state index contributed by atoms with van der Waals surface area (Å²) in [4.78, 5) is 13.7. The molecule has 0 saturated heterocycles. The van der Waals surface area contributed by atoms with Crippen LogP contribution < -0.4 is 14.2 Å². The van der Waals surface area contributed by atoms with Crippen LogP contribution in [-0.2, 0) is 6.42 Å². The minimum Gasteiger partial charge on any atom is -0.490 e. The lowest BCUT2D eigenvalue weighted by Crippen LogP contribution is -2.20. The standard InChI is InChI=1S/C35H52O4/c1-8-16-28(12-5)37-33-24-21-26(11-4)25-27(33)22-23-32(36)31-19-15-20-34(38-29(13-6)17-9-2)35(31)39-30(14-7)18-10-3/h15,19-25,28-30H,8-14,16-18H2,1-7H3. The van der Waals surface area contributed by atoms with Crippen molar-refractivity contribution in [2.24, 2.45) is 0 Å². The molecule has 39 heavy (non-hydrogen) atoms. The van der Waals surface area contributed by atoms with Gasteiger partial charge in [-0.3, -0.25) is 4.79 Å². The molecule has 0 bridgehead atoms. The van der Waals surface area contributed by atoms with Crippen molar-refractivity contribution in [1.82, 2.24) is 0 Å². The molecular formula is C35H52O4. The fraction of sp³-hybridized carbons (Fsp3) is 0.571. The molecule has 0 N–H and O–H groups in total. The summed E-state index contributed by atoms with van der Waals surface area (Å²) in [6.45, 7) is 15.1. The van der Waals surface area contributed by atoms with Gasteiger partial charge in [-0.25, -0.2) is 0 Å². The molecule has 4 heteroatoms. The SMILES string of the molecule is CCCC(CC)Oc1ccc(CC)cc1C=CC(=O)c1cccc(OC(CC)CCC)c1OC(CC)CCC. The normalized spacial score (nSPS) is 13.7. The van der Waals surface area contributed by atoms with Crippen LogP contribution in [0.15, 0.2) is 42.5 Å². The van der Waals surface area contributed by atoms with Crippen LogP contribution in [0.25, 0.3) is 6.08 Å². The maximum atomic E-state index is 13.7. The number of rotatable bonds is 19. The second-order valence-electron chi connectivity index (χ2n) is 10.4. The molecule has 2 aromatic carbocycles. The molecule has 0 radical (unpaired) electrons. The molecule has 0 saturated carbocycles. The lowest BCUT2D eigenvalue weighted by molar-refractivity contribution is 0.103. The zero-order chi connectivity index (χ0) is 28.6. The molecule has 0 aliphatic heterocycles. The molecule has 0 heterocycles. The summed E-state index contributed by atoms with van der Waals surface area (Å²) in [6, 6.07) is 12.0. The third-order valence-corrected chi connectivity index (χ3v) is 7.21. The van der Waals surface area contributed by atoms with Crippen LogP contribution in [0.4, 0.5) is 0 Å². The predicted molar refractivity (Wildman–Crippen MR) is 164 cm³/mol. The number of hydrogen-bond donors (Lipinski definition) is 0. The summed E-state index contributed by atoms with van der Waals surface area (Å²) >= 11 is 0. The Hall–Kier alpha value is -2.75. The Balaban J connectivity index is 2.47. The Kier molecular flexibility index (Phi) is 14.8. The Bertz CT molecular complexity index is 1030. The highest BCUT2D eigenvalue weighted by Crippen LogP contribution is 2.36. The van der Waals surface area contributed by atoms with Crippen LogP contribution >= 0.6 is 0 Å². The summed E-state index contributed by atoms with van der Waals surface area (Å²) in [7, 11) is 0. The Labute approximate surface area is 238 Å². The van der Waals surface area contributed by atoms with Gasteiger partial charge in [0.2, 0.25) is 0 Å². The minimum absolute atomic E-state index is 0.0345. The van der Waals surface area contributed by atoms with E-state index in [0.29, 0.717) is 17.1 Å². The first kappa shape index (κ1) is 32.5. The van der Waals surface area contributed by atoms with Crippen molar-refractivity contribution in [3.63, 3.8) is 0 Å². The largest absolute Gasteiger partial charge is 0.490 e. The summed E-state index contributed by atoms with van der Waals surface area (Å²) in [5.74, 6) is 1.95. The molecule has 3 atom stereocenters. The molecule has 216 valence electrons. The Morgan fingerprint density at radius 1 is 0.718 bits per heavy atom. The van der Waals surface area contributed by atoms with Crippen molar-refractivity contribution in [3.8, 4) is 17.2 Å². The molecule has 3 unspecified atom stereocenters. The first-order valence-corrected chi connectivity index (χ1v) is 15.4. The van der Waals surface area contributed by atoms with Crippen LogP contribution in [0.2, 0.25) is 0 Å². The quantitative estimate of drug-likeness (QED) is 0.132. The second kappa shape index (κ2) is 17.8. The zero-order valence-electron chi connectivity index (χ0n) is 25.6.